The summed E-state index contributed by atoms with van der Waals surface area (Å²) < 4.78 is 5.54. The molecule has 7 nitrogen and oxygen atoms in total. The molecule has 0 saturated carbocycles. The highest BCUT2D eigenvalue weighted by atomic mass is 35.5. The number of hydrogen-bond donors (Lipinski definition) is 3. The molecule has 3 aromatic carbocycles. The third-order valence-electron chi connectivity index (χ3n) is 5.97. The first kappa shape index (κ1) is 24.3. The molecule has 35 heavy (non-hydrogen) atoms. The lowest BCUT2D eigenvalue weighted by molar-refractivity contribution is -0.140. The topological polar surface area (TPSA) is 105 Å². The number of carbonyl (C=O) groups excluding carboxylic acids is 2. The van der Waals surface area contributed by atoms with Crippen LogP contribution in [0.5, 0.6) is 0 Å². The van der Waals surface area contributed by atoms with Gasteiger partial charge in [0.2, 0.25) is 0 Å². The molecule has 0 aromatic heterocycles. The maximum absolute atomic E-state index is 12.6. The van der Waals surface area contributed by atoms with Crippen molar-refractivity contribution in [2.45, 2.75) is 25.8 Å². The highest BCUT2D eigenvalue weighted by molar-refractivity contribution is 6.31. The maximum Gasteiger partial charge on any atom is 0.411 e. The second-order valence-electron chi connectivity index (χ2n) is 8.71. The first-order valence-corrected chi connectivity index (χ1v) is 11.6. The molecule has 0 unspecified atom stereocenters. The molecule has 1 aliphatic carbocycles. The summed E-state index contributed by atoms with van der Waals surface area (Å²) >= 11 is 6.14. The van der Waals surface area contributed by atoms with E-state index in [1.54, 1.807) is 13.8 Å². The van der Waals surface area contributed by atoms with E-state index in [1.165, 1.54) is 18.2 Å². The Bertz CT molecular complexity index is 1240. The first-order valence-electron chi connectivity index (χ1n) is 11.2. The lowest BCUT2D eigenvalue weighted by Gasteiger charge is -2.18. The molecule has 0 saturated heterocycles. The van der Waals surface area contributed by atoms with Crippen molar-refractivity contribution in [1.29, 1.82) is 0 Å². The summed E-state index contributed by atoms with van der Waals surface area (Å²) in [6, 6.07) is 19.3. The Labute approximate surface area is 208 Å². The summed E-state index contributed by atoms with van der Waals surface area (Å²) in [5, 5.41) is 14.6. The number of carbonyl (C=O) groups is 3. The van der Waals surface area contributed by atoms with Gasteiger partial charge in [-0.3, -0.25) is 10.1 Å². The molecule has 3 N–H and O–H groups in total. The zero-order valence-electron chi connectivity index (χ0n) is 19.2. The Morgan fingerprint density at radius 1 is 0.971 bits per heavy atom. The molecule has 0 aliphatic heterocycles. The van der Waals surface area contributed by atoms with E-state index in [2.05, 4.69) is 22.8 Å². The van der Waals surface area contributed by atoms with Crippen LogP contribution in [0.2, 0.25) is 5.02 Å². The van der Waals surface area contributed by atoms with Gasteiger partial charge in [-0.1, -0.05) is 74.0 Å². The number of ether oxygens (including phenoxy) is 1. The number of benzene rings is 3. The Balaban J connectivity index is 1.44. The van der Waals surface area contributed by atoms with Crippen molar-refractivity contribution >= 4 is 35.3 Å². The molecule has 4 rings (SSSR count). The third-order valence-corrected chi connectivity index (χ3v) is 6.19. The largest absolute Gasteiger partial charge is 0.480 e. The highest BCUT2D eigenvalue weighted by Crippen LogP contribution is 2.44. The van der Waals surface area contributed by atoms with Crippen molar-refractivity contribution in [3.05, 3.63) is 88.4 Å². The predicted molar refractivity (Wildman–Crippen MR) is 134 cm³/mol. The normalized spacial score (nSPS) is 13.0. The van der Waals surface area contributed by atoms with Crippen LogP contribution in [-0.4, -0.2) is 35.7 Å². The molecular formula is C27H25ClN2O5. The first-order chi connectivity index (χ1) is 16.7. The van der Waals surface area contributed by atoms with Gasteiger partial charge >= 0.3 is 12.1 Å². The van der Waals surface area contributed by atoms with Gasteiger partial charge in [-0.05, 0) is 46.4 Å². The summed E-state index contributed by atoms with van der Waals surface area (Å²) in [5.41, 5.74) is 4.84. The predicted octanol–water partition coefficient (Wildman–Crippen LogP) is 5.54. The van der Waals surface area contributed by atoms with Crippen molar-refractivity contribution in [2.24, 2.45) is 5.92 Å². The molecule has 2 amide bonds. The number of hydrogen-bond acceptors (Lipinski definition) is 4. The third kappa shape index (κ3) is 5.30. The van der Waals surface area contributed by atoms with E-state index in [9.17, 15) is 19.5 Å². The highest BCUT2D eigenvalue weighted by Gasteiger charge is 2.29. The van der Waals surface area contributed by atoms with Crippen molar-refractivity contribution in [3.8, 4) is 11.1 Å². The SMILES string of the molecule is CC(C)[C@@H](NC(=O)c1cc(Cl)cc(NC(=O)OCC2c3ccccc3-c3ccccc32)c1)C(=O)O. The lowest BCUT2D eigenvalue weighted by atomic mass is 9.98. The van der Waals surface area contributed by atoms with Crippen molar-refractivity contribution in [2.75, 3.05) is 11.9 Å². The molecule has 3 aromatic rings. The number of anilines is 1. The van der Waals surface area contributed by atoms with Gasteiger partial charge in [0.15, 0.2) is 0 Å². The van der Waals surface area contributed by atoms with E-state index in [4.69, 9.17) is 16.3 Å². The van der Waals surface area contributed by atoms with E-state index in [-0.39, 0.29) is 34.7 Å². The smallest absolute Gasteiger partial charge is 0.411 e. The van der Waals surface area contributed by atoms with Gasteiger partial charge in [0.05, 0.1) is 0 Å². The van der Waals surface area contributed by atoms with Crippen LogP contribution in [0.25, 0.3) is 11.1 Å². The number of nitrogens with one attached hydrogen (secondary N) is 2. The molecule has 1 atom stereocenters. The Kier molecular flexibility index (Phi) is 7.07. The minimum atomic E-state index is -1.13. The fraction of sp³-hybridized carbons (Fsp3) is 0.222. The van der Waals surface area contributed by atoms with Crippen LogP contribution in [0.15, 0.2) is 66.7 Å². The standard InChI is InChI=1S/C27H25ClN2O5/c1-15(2)24(26(32)33)30-25(31)16-11-17(28)13-18(12-16)29-27(34)35-14-23-21-9-5-3-7-19(21)20-8-4-6-10-22(20)23/h3-13,15,23-24H,14H2,1-2H3,(H,29,34)(H,30,31)(H,32,33)/t24-/m1/s1. The number of amides is 2. The fourth-order valence-corrected chi connectivity index (χ4v) is 4.52. The van der Waals surface area contributed by atoms with Crippen LogP contribution < -0.4 is 10.6 Å². The molecule has 8 heteroatoms. The van der Waals surface area contributed by atoms with Gasteiger partial charge in [0.25, 0.3) is 5.91 Å². The van der Waals surface area contributed by atoms with Crippen molar-refractivity contribution in [3.63, 3.8) is 0 Å². The van der Waals surface area contributed by atoms with E-state index < -0.39 is 24.0 Å². The monoisotopic (exact) mass is 492 g/mol. The van der Waals surface area contributed by atoms with Crippen molar-refractivity contribution in [1.82, 2.24) is 5.32 Å². The summed E-state index contributed by atoms with van der Waals surface area (Å²) in [6.07, 6.45) is -0.689. The molecular weight excluding hydrogens is 468 g/mol. The van der Waals surface area contributed by atoms with Gasteiger partial charge in [-0.25, -0.2) is 9.59 Å². The van der Waals surface area contributed by atoms with E-state index >= 15 is 0 Å². The molecule has 0 fully saturated rings. The second kappa shape index (κ2) is 10.2. The average Bonchev–Trinajstić information content (AvgIpc) is 3.14. The summed E-state index contributed by atoms with van der Waals surface area (Å²) in [4.78, 5) is 36.6. The van der Waals surface area contributed by atoms with Gasteiger partial charge < -0.3 is 15.2 Å². The van der Waals surface area contributed by atoms with Gasteiger partial charge in [0, 0.05) is 22.2 Å². The molecule has 0 heterocycles. The number of rotatable bonds is 7. The van der Waals surface area contributed by atoms with E-state index in [0.717, 1.165) is 22.3 Å². The minimum absolute atomic E-state index is 0.0853. The van der Waals surface area contributed by atoms with E-state index in [1.807, 2.05) is 36.4 Å². The fourth-order valence-electron chi connectivity index (χ4n) is 4.28. The molecule has 180 valence electrons. The number of fused-ring (bicyclic) bond motifs is 3. The van der Waals surface area contributed by atoms with Crippen LogP contribution in [0.3, 0.4) is 0 Å². The number of aliphatic carboxylic acids is 1. The lowest BCUT2D eigenvalue weighted by Crippen LogP contribution is -2.44. The van der Waals surface area contributed by atoms with Gasteiger partial charge in [0.1, 0.15) is 12.6 Å². The molecule has 0 spiro atoms. The number of carboxylic acids is 1. The quantitative estimate of drug-likeness (QED) is 0.401. The Hall–Kier alpha value is -3.84. The number of halogens is 1. The Morgan fingerprint density at radius 3 is 2.14 bits per heavy atom. The minimum Gasteiger partial charge on any atom is -0.480 e. The van der Waals surface area contributed by atoms with Gasteiger partial charge in [-0.2, -0.15) is 0 Å². The van der Waals surface area contributed by atoms with Crippen LogP contribution in [0.1, 0.15) is 41.3 Å². The second-order valence-corrected chi connectivity index (χ2v) is 9.15. The zero-order chi connectivity index (χ0) is 25.1. The number of carboxylic acid groups (broad SMARTS) is 1. The van der Waals surface area contributed by atoms with Gasteiger partial charge in [-0.15, -0.1) is 0 Å². The van der Waals surface area contributed by atoms with E-state index in [0.29, 0.717) is 0 Å². The van der Waals surface area contributed by atoms with Crippen LogP contribution in [-0.2, 0) is 9.53 Å². The zero-order valence-corrected chi connectivity index (χ0v) is 20.0. The summed E-state index contributed by atoms with van der Waals surface area (Å²) in [7, 11) is 0. The van der Waals surface area contributed by atoms with Crippen LogP contribution in [0, 0.1) is 5.92 Å². The summed E-state index contributed by atoms with van der Waals surface area (Å²) in [5.74, 6) is -2.14. The average molecular weight is 493 g/mol. The molecule has 1 aliphatic rings. The maximum atomic E-state index is 12.6. The van der Waals surface area contributed by atoms with Crippen LogP contribution in [0.4, 0.5) is 10.5 Å². The molecule has 0 bridgehead atoms. The summed E-state index contributed by atoms with van der Waals surface area (Å²) in [6.45, 7) is 3.53. The Morgan fingerprint density at radius 2 is 1.57 bits per heavy atom. The molecule has 0 radical (unpaired) electrons. The van der Waals surface area contributed by atoms with Crippen LogP contribution >= 0.6 is 11.6 Å². The van der Waals surface area contributed by atoms with Crippen molar-refractivity contribution < 1.29 is 24.2 Å².